The van der Waals surface area contributed by atoms with Crippen LogP contribution < -0.4 is 10.5 Å². The molecule has 1 aromatic heterocycles. The number of hydrogen-bond acceptors (Lipinski definition) is 5. The number of sulfonamides is 1. The van der Waals surface area contributed by atoms with Crippen LogP contribution in [0.3, 0.4) is 0 Å². The maximum Gasteiger partial charge on any atom is 0.263 e. The van der Waals surface area contributed by atoms with Crippen LogP contribution >= 0.6 is 11.3 Å². The largest absolute Gasteiger partial charge is 0.323 e. The normalized spacial score (nSPS) is 15.7. The molecule has 2 aromatic rings. The molecule has 1 aliphatic rings. The number of rotatable bonds is 4. The van der Waals surface area contributed by atoms with Gasteiger partial charge in [-0.1, -0.05) is 6.07 Å². The summed E-state index contributed by atoms with van der Waals surface area (Å²) in [5, 5.41) is 2.12. The van der Waals surface area contributed by atoms with E-state index in [-0.39, 0.29) is 6.04 Å². The van der Waals surface area contributed by atoms with Gasteiger partial charge in [0.1, 0.15) is 0 Å². The van der Waals surface area contributed by atoms with E-state index in [1.807, 2.05) is 13.0 Å². The SMILES string of the molecule is CC(N)c1csc(NS(=O)(=O)c2ccc3c(c2)CCC3)n1. The van der Waals surface area contributed by atoms with Crippen LogP contribution in [0.2, 0.25) is 0 Å². The molecule has 0 saturated heterocycles. The molecule has 0 bridgehead atoms. The maximum atomic E-state index is 12.4. The van der Waals surface area contributed by atoms with Crippen LogP contribution in [0.25, 0.3) is 0 Å². The highest BCUT2D eigenvalue weighted by Crippen LogP contribution is 2.27. The number of anilines is 1. The van der Waals surface area contributed by atoms with E-state index in [0.29, 0.717) is 15.7 Å². The van der Waals surface area contributed by atoms with Crippen molar-refractivity contribution in [1.82, 2.24) is 4.98 Å². The molecule has 112 valence electrons. The van der Waals surface area contributed by atoms with Crippen molar-refractivity contribution in [3.63, 3.8) is 0 Å². The number of nitrogens with two attached hydrogens (primary N) is 1. The number of fused-ring (bicyclic) bond motifs is 1. The lowest BCUT2D eigenvalue weighted by molar-refractivity contribution is 0.601. The van der Waals surface area contributed by atoms with Crippen molar-refractivity contribution in [3.05, 3.63) is 40.4 Å². The molecule has 1 aromatic carbocycles. The molecule has 7 heteroatoms. The Balaban J connectivity index is 1.86. The lowest BCUT2D eigenvalue weighted by atomic mass is 10.1. The third kappa shape index (κ3) is 2.95. The van der Waals surface area contributed by atoms with Crippen LogP contribution in [-0.2, 0) is 22.9 Å². The van der Waals surface area contributed by atoms with E-state index < -0.39 is 10.0 Å². The molecule has 1 unspecified atom stereocenters. The van der Waals surface area contributed by atoms with Gasteiger partial charge >= 0.3 is 0 Å². The number of thiazole rings is 1. The maximum absolute atomic E-state index is 12.4. The average Bonchev–Trinajstić information content (AvgIpc) is 3.05. The van der Waals surface area contributed by atoms with Gasteiger partial charge in [0.25, 0.3) is 10.0 Å². The summed E-state index contributed by atoms with van der Waals surface area (Å²) < 4.78 is 27.3. The van der Waals surface area contributed by atoms with E-state index in [2.05, 4.69) is 9.71 Å². The van der Waals surface area contributed by atoms with E-state index >= 15 is 0 Å². The topological polar surface area (TPSA) is 85.1 Å². The zero-order chi connectivity index (χ0) is 15.0. The minimum absolute atomic E-state index is 0.209. The van der Waals surface area contributed by atoms with Crippen molar-refractivity contribution < 1.29 is 8.42 Å². The standard InChI is InChI=1S/C14H17N3O2S2/c1-9(15)13-8-20-14(16-13)17-21(18,19)12-6-5-10-3-2-4-11(10)7-12/h5-9H,2-4,15H2,1H3,(H,16,17). The molecular weight excluding hydrogens is 306 g/mol. The first kappa shape index (κ1) is 14.5. The average molecular weight is 323 g/mol. The van der Waals surface area contributed by atoms with Gasteiger partial charge in [0.15, 0.2) is 5.13 Å². The third-order valence-electron chi connectivity index (χ3n) is 3.59. The monoisotopic (exact) mass is 323 g/mol. The first-order valence-corrected chi connectivity index (χ1v) is 9.17. The molecular formula is C14H17N3O2S2. The molecule has 0 saturated carbocycles. The van der Waals surface area contributed by atoms with Crippen LogP contribution in [-0.4, -0.2) is 13.4 Å². The second kappa shape index (κ2) is 5.40. The van der Waals surface area contributed by atoms with Gasteiger partial charge in [-0.05, 0) is 49.4 Å². The van der Waals surface area contributed by atoms with Gasteiger partial charge in [0.2, 0.25) is 0 Å². The smallest absolute Gasteiger partial charge is 0.263 e. The molecule has 0 aliphatic heterocycles. The van der Waals surface area contributed by atoms with Crippen LogP contribution in [0.4, 0.5) is 5.13 Å². The number of aromatic nitrogens is 1. The molecule has 3 rings (SSSR count). The minimum Gasteiger partial charge on any atom is -0.323 e. The summed E-state index contributed by atoms with van der Waals surface area (Å²) in [7, 11) is -3.59. The minimum atomic E-state index is -3.59. The van der Waals surface area contributed by atoms with Crippen LogP contribution in [0.5, 0.6) is 0 Å². The van der Waals surface area contributed by atoms with E-state index in [4.69, 9.17) is 5.73 Å². The highest BCUT2D eigenvalue weighted by Gasteiger charge is 2.20. The number of aryl methyl sites for hydroxylation is 2. The molecule has 0 spiro atoms. The predicted octanol–water partition coefficient (Wildman–Crippen LogP) is 2.45. The fraction of sp³-hybridized carbons (Fsp3) is 0.357. The molecule has 1 atom stereocenters. The van der Waals surface area contributed by atoms with Crippen molar-refractivity contribution >= 4 is 26.5 Å². The fourth-order valence-electron chi connectivity index (χ4n) is 2.43. The summed E-state index contributed by atoms with van der Waals surface area (Å²) in [4.78, 5) is 4.49. The Hall–Kier alpha value is -1.44. The Bertz CT molecular complexity index is 766. The summed E-state index contributed by atoms with van der Waals surface area (Å²) in [5.41, 5.74) is 8.80. The van der Waals surface area contributed by atoms with Crippen molar-refractivity contribution in [2.24, 2.45) is 5.73 Å². The summed E-state index contributed by atoms with van der Waals surface area (Å²) in [5.74, 6) is 0. The van der Waals surface area contributed by atoms with Crippen LogP contribution in [0, 0.1) is 0 Å². The number of benzene rings is 1. The van der Waals surface area contributed by atoms with Gasteiger partial charge in [-0.15, -0.1) is 11.3 Å². The van der Waals surface area contributed by atoms with Crippen molar-refractivity contribution in [1.29, 1.82) is 0 Å². The lowest BCUT2D eigenvalue weighted by Crippen LogP contribution is -2.13. The Morgan fingerprint density at radius 3 is 2.81 bits per heavy atom. The summed E-state index contributed by atoms with van der Waals surface area (Å²) in [6.45, 7) is 1.81. The number of nitrogens with zero attached hydrogens (tertiary/aromatic N) is 1. The Morgan fingerprint density at radius 1 is 1.33 bits per heavy atom. The van der Waals surface area contributed by atoms with E-state index in [1.54, 1.807) is 17.5 Å². The molecule has 0 fully saturated rings. The quantitative estimate of drug-likeness (QED) is 0.905. The van der Waals surface area contributed by atoms with Crippen molar-refractivity contribution in [2.45, 2.75) is 37.1 Å². The Morgan fingerprint density at radius 2 is 2.10 bits per heavy atom. The number of nitrogens with one attached hydrogen (secondary N) is 1. The molecule has 1 heterocycles. The van der Waals surface area contributed by atoms with E-state index in [9.17, 15) is 8.42 Å². The zero-order valence-electron chi connectivity index (χ0n) is 11.7. The van der Waals surface area contributed by atoms with E-state index in [0.717, 1.165) is 24.8 Å². The molecule has 0 radical (unpaired) electrons. The van der Waals surface area contributed by atoms with Gasteiger partial charge in [-0.3, -0.25) is 4.72 Å². The van der Waals surface area contributed by atoms with Gasteiger partial charge in [0.05, 0.1) is 10.6 Å². The lowest BCUT2D eigenvalue weighted by Gasteiger charge is -2.07. The molecule has 21 heavy (non-hydrogen) atoms. The second-order valence-electron chi connectivity index (χ2n) is 5.26. The first-order chi connectivity index (χ1) is 9.95. The van der Waals surface area contributed by atoms with Crippen molar-refractivity contribution in [3.8, 4) is 0 Å². The van der Waals surface area contributed by atoms with Crippen molar-refractivity contribution in [2.75, 3.05) is 4.72 Å². The molecule has 0 amide bonds. The summed E-state index contributed by atoms with van der Waals surface area (Å²) >= 11 is 1.24. The van der Waals surface area contributed by atoms with Gasteiger partial charge in [0, 0.05) is 11.4 Å². The highest BCUT2D eigenvalue weighted by molar-refractivity contribution is 7.93. The third-order valence-corrected chi connectivity index (χ3v) is 5.83. The van der Waals surface area contributed by atoms with E-state index in [1.165, 1.54) is 16.9 Å². The molecule has 3 N–H and O–H groups in total. The van der Waals surface area contributed by atoms with Crippen LogP contribution in [0.1, 0.15) is 36.2 Å². The molecule has 5 nitrogen and oxygen atoms in total. The second-order valence-corrected chi connectivity index (χ2v) is 7.80. The Labute approximate surface area is 128 Å². The molecule has 1 aliphatic carbocycles. The summed E-state index contributed by atoms with van der Waals surface area (Å²) in [6, 6.07) is 5.13. The number of hydrogen-bond donors (Lipinski definition) is 2. The predicted molar refractivity (Wildman–Crippen MR) is 84.0 cm³/mol. The van der Waals surface area contributed by atoms with Gasteiger partial charge in [-0.25, -0.2) is 13.4 Å². The fourth-order valence-corrected chi connectivity index (χ4v) is 4.55. The van der Waals surface area contributed by atoms with Gasteiger partial charge in [-0.2, -0.15) is 0 Å². The van der Waals surface area contributed by atoms with Gasteiger partial charge < -0.3 is 5.73 Å². The first-order valence-electron chi connectivity index (χ1n) is 6.81. The van der Waals surface area contributed by atoms with Crippen LogP contribution in [0.15, 0.2) is 28.5 Å². The Kier molecular flexibility index (Phi) is 3.73. The summed E-state index contributed by atoms with van der Waals surface area (Å²) in [6.07, 6.45) is 3.08. The zero-order valence-corrected chi connectivity index (χ0v) is 13.3. The highest BCUT2D eigenvalue weighted by atomic mass is 32.2.